The molecule has 0 saturated heterocycles. The van der Waals surface area contributed by atoms with Crippen molar-refractivity contribution in [2.45, 2.75) is 52.9 Å². The van der Waals surface area contributed by atoms with E-state index in [-0.39, 0.29) is 57.0 Å². The Morgan fingerprint density at radius 2 is 1.33 bits per heavy atom. The summed E-state index contributed by atoms with van der Waals surface area (Å²) >= 11 is 0. The van der Waals surface area contributed by atoms with Crippen LogP contribution in [0.25, 0.3) is 0 Å². The summed E-state index contributed by atoms with van der Waals surface area (Å²) in [5.74, 6) is 1.00. The van der Waals surface area contributed by atoms with Gasteiger partial charge >= 0.3 is 23.1 Å². The van der Waals surface area contributed by atoms with Crippen molar-refractivity contribution in [2.75, 3.05) is 0 Å². The van der Waals surface area contributed by atoms with E-state index >= 15 is 0 Å². The van der Waals surface area contributed by atoms with Crippen LogP contribution in [0.3, 0.4) is 0 Å². The molecule has 0 aliphatic carbocycles. The van der Waals surface area contributed by atoms with Crippen molar-refractivity contribution in [3.8, 4) is 0 Å². The van der Waals surface area contributed by atoms with Crippen LogP contribution in [0.1, 0.15) is 52.9 Å². The van der Waals surface area contributed by atoms with E-state index in [9.17, 15) is 0 Å². The van der Waals surface area contributed by atoms with Crippen LogP contribution in [0.4, 0.5) is 0 Å². The van der Waals surface area contributed by atoms with Crippen molar-refractivity contribution in [3.63, 3.8) is 0 Å². The van der Waals surface area contributed by atoms with Gasteiger partial charge in [0.1, 0.15) is 0 Å². The second-order valence-electron chi connectivity index (χ2n) is 2.82. The standard InChI is InChI=1S/C9H20.2BrH.Mg/c1-4-7-8-9(5-2)6-3;;;/h9H,4-8H2,1-3H3;2*1H;/q;;;+2/p-2. The molecule has 0 unspecified atom stereocenters. The van der Waals surface area contributed by atoms with Gasteiger partial charge in [-0.15, -0.1) is 0 Å². The monoisotopic (exact) mass is 310 g/mol. The number of halogens is 2. The van der Waals surface area contributed by atoms with Gasteiger partial charge in [-0.25, -0.2) is 0 Å². The molecule has 3 heteroatoms. The molecular formula is C9H20Br2Mg. The van der Waals surface area contributed by atoms with Crippen LogP contribution < -0.4 is 34.0 Å². The second-order valence-corrected chi connectivity index (χ2v) is 2.82. The smallest absolute Gasteiger partial charge is 1.00 e. The first-order valence-corrected chi connectivity index (χ1v) is 4.35. The molecule has 0 fully saturated rings. The fourth-order valence-electron chi connectivity index (χ4n) is 1.19. The van der Waals surface area contributed by atoms with Gasteiger partial charge in [0.2, 0.25) is 0 Å². The van der Waals surface area contributed by atoms with Gasteiger partial charge in [-0.2, -0.15) is 0 Å². The molecule has 0 heterocycles. The molecule has 0 bridgehead atoms. The van der Waals surface area contributed by atoms with Gasteiger partial charge in [0.05, 0.1) is 0 Å². The molecule has 0 aliphatic heterocycles. The number of unbranched alkanes of at least 4 members (excludes halogenated alkanes) is 1. The van der Waals surface area contributed by atoms with Crippen LogP contribution in [0.15, 0.2) is 0 Å². The third-order valence-corrected chi connectivity index (χ3v) is 2.12. The van der Waals surface area contributed by atoms with E-state index in [4.69, 9.17) is 0 Å². The van der Waals surface area contributed by atoms with Gasteiger partial charge < -0.3 is 34.0 Å². The summed E-state index contributed by atoms with van der Waals surface area (Å²) < 4.78 is 0. The molecule has 0 saturated carbocycles. The first-order chi connectivity index (χ1) is 4.35. The molecule has 0 nitrogen and oxygen atoms in total. The quantitative estimate of drug-likeness (QED) is 0.483. The van der Waals surface area contributed by atoms with Crippen molar-refractivity contribution in [2.24, 2.45) is 5.92 Å². The summed E-state index contributed by atoms with van der Waals surface area (Å²) in [5.41, 5.74) is 0. The van der Waals surface area contributed by atoms with E-state index in [0.29, 0.717) is 0 Å². The number of hydrogen-bond donors (Lipinski definition) is 0. The summed E-state index contributed by atoms with van der Waals surface area (Å²) in [6, 6.07) is 0. The first-order valence-electron chi connectivity index (χ1n) is 4.35. The Bertz CT molecular complexity index is 56.5. The summed E-state index contributed by atoms with van der Waals surface area (Å²) in [4.78, 5) is 0. The average molecular weight is 312 g/mol. The van der Waals surface area contributed by atoms with Crippen LogP contribution in [0.5, 0.6) is 0 Å². The summed E-state index contributed by atoms with van der Waals surface area (Å²) in [5, 5.41) is 0. The van der Waals surface area contributed by atoms with Crippen LogP contribution in [-0.4, -0.2) is 23.1 Å². The van der Waals surface area contributed by atoms with Crippen LogP contribution >= 0.6 is 0 Å². The molecule has 0 aromatic rings. The zero-order valence-electron chi connectivity index (χ0n) is 8.58. The third kappa shape index (κ3) is 14.3. The SMILES string of the molecule is CCCCC(CC)CC.[Br-].[Br-].[Mg+2]. The van der Waals surface area contributed by atoms with Gasteiger partial charge in [-0.3, -0.25) is 0 Å². The van der Waals surface area contributed by atoms with Gasteiger partial charge in [0.25, 0.3) is 0 Å². The van der Waals surface area contributed by atoms with Gasteiger partial charge in [-0.05, 0) is 5.92 Å². The van der Waals surface area contributed by atoms with E-state index in [1.807, 2.05) is 0 Å². The van der Waals surface area contributed by atoms with E-state index in [1.165, 1.54) is 32.1 Å². The Morgan fingerprint density at radius 3 is 1.58 bits per heavy atom. The maximum atomic E-state index is 2.30. The van der Waals surface area contributed by atoms with E-state index in [2.05, 4.69) is 20.8 Å². The maximum absolute atomic E-state index is 2.30. The predicted molar refractivity (Wildman–Crippen MR) is 49.4 cm³/mol. The van der Waals surface area contributed by atoms with E-state index in [1.54, 1.807) is 0 Å². The largest absolute Gasteiger partial charge is 2.00 e. The fourth-order valence-corrected chi connectivity index (χ4v) is 1.19. The molecule has 0 aromatic carbocycles. The van der Waals surface area contributed by atoms with Crippen molar-refractivity contribution in [1.82, 2.24) is 0 Å². The summed E-state index contributed by atoms with van der Waals surface area (Å²) in [6.45, 7) is 6.86. The average Bonchev–Trinajstić information content (AvgIpc) is 1.91. The van der Waals surface area contributed by atoms with Gasteiger partial charge in [-0.1, -0.05) is 52.9 Å². The topological polar surface area (TPSA) is 0 Å². The van der Waals surface area contributed by atoms with Crippen LogP contribution in [0, 0.1) is 5.92 Å². The zero-order valence-corrected chi connectivity index (χ0v) is 13.2. The molecule has 0 aliphatic rings. The molecule has 0 amide bonds. The van der Waals surface area contributed by atoms with Crippen molar-refractivity contribution in [3.05, 3.63) is 0 Å². The Balaban J connectivity index is -0.000000107. The summed E-state index contributed by atoms with van der Waals surface area (Å²) in [7, 11) is 0. The second kappa shape index (κ2) is 18.5. The Labute approximate surface area is 115 Å². The number of hydrogen-bond acceptors (Lipinski definition) is 0. The fraction of sp³-hybridized carbons (Fsp3) is 1.00. The summed E-state index contributed by atoms with van der Waals surface area (Å²) in [6.07, 6.45) is 6.97. The van der Waals surface area contributed by atoms with Crippen molar-refractivity contribution >= 4 is 23.1 Å². The Kier molecular flexibility index (Phi) is 36.2. The molecule has 0 N–H and O–H groups in total. The molecule has 12 heavy (non-hydrogen) atoms. The molecule has 0 atom stereocenters. The van der Waals surface area contributed by atoms with E-state index in [0.717, 1.165) is 5.92 Å². The zero-order chi connectivity index (χ0) is 7.11. The Morgan fingerprint density at radius 1 is 0.917 bits per heavy atom. The van der Waals surface area contributed by atoms with Crippen molar-refractivity contribution in [1.29, 1.82) is 0 Å². The molecule has 0 rings (SSSR count). The predicted octanol–water partition coefficient (Wildman–Crippen LogP) is -2.76. The molecule has 0 aromatic heterocycles. The molecule has 72 valence electrons. The third-order valence-electron chi connectivity index (χ3n) is 2.12. The maximum Gasteiger partial charge on any atom is 2.00 e. The normalized spacial score (nSPS) is 8.00. The minimum atomic E-state index is 0. The van der Waals surface area contributed by atoms with Crippen LogP contribution in [-0.2, 0) is 0 Å². The van der Waals surface area contributed by atoms with E-state index < -0.39 is 0 Å². The molecular weight excluding hydrogens is 292 g/mol. The van der Waals surface area contributed by atoms with Crippen LogP contribution in [0.2, 0.25) is 0 Å². The minimum absolute atomic E-state index is 0. The molecule has 0 spiro atoms. The first kappa shape index (κ1) is 23.5. The van der Waals surface area contributed by atoms with Gasteiger partial charge in [0, 0.05) is 0 Å². The minimum Gasteiger partial charge on any atom is -1.00 e. The van der Waals surface area contributed by atoms with Crippen molar-refractivity contribution < 1.29 is 34.0 Å². The number of rotatable bonds is 5. The molecule has 0 radical (unpaired) electrons. The van der Waals surface area contributed by atoms with Gasteiger partial charge in [0.15, 0.2) is 0 Å². The Hall–Kier alpha value is 1.73.